The van der Waals surface area contributed by atoms with Gasteiger partial charge in [-0.25, -0.2) is 0 Å². The van der Waals surface area contributed by atoms with Gasteiger partial charge in [-0.15, -0.1) is 11.3 Å². The van der Waals surface area contributed by atoms with Crippen LogP contribution in [0.4, 0.5) is 0 Å². The maximum Gasteiger partial charge on any atom is 0.163 e. The van der Waals surface area contributed by atoms with Gasteiger partial charge in [0, 0.05) is 11.3 Å². The molecule has 2 heterocycles. The van der Waals surface area contributed by atoms with E-state index in [1.165, 1.54) is 4.88 Å². The summed E-state index contributed by atoms with van der Waals surface area (Å²) in [5.74, 6) is 0. The highest BCUT2D eigenvalue weighted by Gasteiger charge is 2.25. The van der Waals surface area contributed by atoms with Crippen molar-refractivity contribution >= 4 is 11.3 Å². The molecule has 1 aliphatic rings. The summed E-state index contributed by atoms with van der Waals surface area (Å²) in [5.41, 5.74) is 0. The summed E-state index contributed by atoms with van der Waals surface area (Å²) >= 11 is 1.70. The van der Waals surface area contributed by atoms with Crippen LogP contribution in [0.15, 0.2) is 17.5 Å². The molecule has 74 valence electrons. The third kappa shape index (κ3) is 2.32. The van der Waals surface area contributed by atoms with Crippen molar-refractivity contribution in [3.05, 3.63) is 22.4 Å². The molecule has 2 rings (SSSR count). The fourth-order valence-electron chi connectivity index (χ4n) is 1.42. The van der Waals surface area contributed by atoms with E-state index >= 15 is 0 Å². The quantitative estimate of drug-likeness (QED) is 0.764. The van der Waals surface area contributed by atoms with E-state index < -0.39 is 0 Å². The molecular formula is C10H11NO2S. The van der Waals surface area contributed by atoms with E-state index in [9.17, 15) is 0 Å². The topological polar surface area (TPSA) is 42.2 Å². The molecule has 0 aliphatic carbocycles. The summed E-state index contributed by atoms with van der Waals surface area (Å²) < 4.78 is 11.0. The number of hydrogen-bond acceptors (Lipinski definition) is 4. The van der Waals surface area contributed by atoms with Gasteiger partial charge in [-0.05, 0) is 11.4 Å². The van der Waals surface area contributed by atoms with Gasteiger partial charge in [-0.3, -0.25) is 0 Å². The number of nitriles is 1. The highest BCUT2D eigenvalue weighted by atomic mass is 32.1. The standard InChI is InChI=1S/C10H11NO2S/c11-4-3-8-7-12-10(13-8)6-9-2-1-5-14-9/h1-2,5,8,10H,3,6-7H2. The Kier molecular flexibility index (Phi) is 3.14. The van der Waals surface area contributed by atoms with Crippen molar-refractivity contribution < 1.29 is 9.47 Å². The second-order valence-corrected chi connectivity index (χ2v) is 4.20. The first-order valence-electron chi connectivity index (χ1n) is 4.55. The van der Waals surface area contributed by atoms with Crippen molar-refractivity contribution in [2.75, 3.05) is 6.61 Å². The van der Waals surface area contributed by atoms with E-state index in [1.54, 1.807) is 11.3 Å². The Morgan fingerprint density at radius 1 is 1.64 bits per heavy atom. The molecule has 0 N–H and O–H groups in total. The molecule has 2 unspecified atom stereocenters. The summed E-state index contributed by atoms with van der Waals surface area (Å²) in [5, 5.41) is 10.5. The molecule has 1 saturated heterocycles. The molecular weight excluding hydrogens is 198 g/mol. The van der Waals surface area contributed by atoms with Crippen molar-refractivity contribution in [1.82, 2.24) is 0 Å². The van der Waals surface area contributed by atoms with E-state index in [0.717, 1.165) is 6.42 Å². The minimum absolute atomic E-state index is 0.0371. The SMILES string of the molecule is N#CCC1COC(Cc2cccs2)O1. The van der Waals surface area contributed by atoms with Crippen molar-refractivity contribution in [3.63, 3.8) is 0 Å². The minimum atomic E-state index is -0.160. The van der Waals surface area contributed by atoms with Gasteiger partial charge in [0.15, 0.2) is 6.29 Å². The number of hydrogen-bond donors (Lipinski definition) is 0. The molecule has 1 aliphatic heterocycles. The Labute approximate surface area is 86.9 Å². The highest BCUT2D eigenvalue weighted by Crippen LogP contribution is 2.20. The van der Waals surface area contributed by atoms with E-state index in [-0.39, 0.29) is 12.4 Å². The average Bonchev–Trinajstić information content (AvgIpc) is 2.79. The first kappa shape index (κ1) is 9.66. The van der Waals surface area contributed by atoms with E-state index in [2.05, 4.69) is 12.1 Å². The van der Waals surface area contributed by atoms with Crippen LogP contribution >= 0.6 is 11.3 Å². The fourth-order valence-corrected chi connectivity index (χ4v) is 2.14. The third-order valence-corrected chi connectivity index (χ3v) is 2.98. The van der Waals surface area contributed by atoms with Crippen LogP contribution in [-0.2, 0) is 15.9 Å². The van der Waals surface area contributed by atoms with Crippen LogP contribution in [0.2, 0.25) is 0 Å². The van der Waals surface area contributed by atoms with Crippen LogP contribution in [0.3, 0.4) is 0 Å². The monoisotopic (exact) mass is 209 g/mol. The second-order valence-electron chi connectivity index (χ2n) is 3.17. The number of ether oxygens (including phenoxy) is 2. The fraction of sp³-hybridized carbons (Fsp3) is 0.500. The molecule has 4 heteroatoms. The van der Waals surface area contributed by atoms with E-state index in [4.69, 9.17) is 14.7 Å². The molecule has 1 fully saturated rings. The predicted octanol–water partition coefficient (Wildman–Crippen LogP) is 1.95. The van der Waals surface area contributed by atoms with Crippen LogP contribution in [0.25, 0.3) is 0 Å². The molecule has 1 aromatic rings. The molecule has 14 heavy (non-hydrogen) atoms. The van der Waals surface area contributed by atoms with Crippen molar-refractivity contribution in [2.45, 2.75) is 25.2 Å². The van der Waals surface area contributed by atoms with Gasteiger partial charge in [0.05, 0.1) is 25.2 Å². The Bertz CT molecular complexity index is 317. The normalized spacial score (nSPS) is 26.2. The van der Waals surface area contributed by atoms with Crippen molar-refractivity contribution in [2.24, 2.45) is 0 Å². The third-order valence-electron chi connectivity index (χ3n) is 2.08. The van der Waals surface area contributed by atoms with Crippen LogP contribution < -0.4 is 0 Å². The Balaban J connectivity index is 1.82. The van der Waals surface area contributed by atoms with E-state index in [1.807, 2.05) is 11.4 Å². The van der Waals surface area contributed by atoms with Gasteiger partial charge in [-0.2, -0.15) is 5.26 Å². The summed E-state index contributed by atoms with van der Waals surface area (Å²) in [6, 6.07) is 6.17. The first-order chi connectivity index (χ1) is 6.88. The Morgan fingerprint density at radius 2 is 2.57 bits per heavy atom. The second kappa shape index (κ2) is 4.56. The van der Waals surface area contributed by atoms with Gasteiger partial charge in [0.2, 0.25) is 0 Å². The number of thiophene rings is 1. The summed E-state index contributed by atoms with van der Waals surface area (Å²) in [4.78, 5) is 1.26. The Morgan fingerprint density at radius 3 is 3.29 bits per heavy atom. The lowest BCUT2D eigenvalue weighted by Crippen LogP contribution is -2.13. The number of rotatable bonds is 3. The lowest BCUT2D eigenvalue weighted by Gasteiger charge is -2.07. The van der Waals surface area contributed by atoms with E-state index in [0.29, 0.717) is 13.0 Å². The van der Waals surface area contributed by atoms with Gasteiger partial charge < -0.3 is 9.47 Å². The van der Waals surface area contributed by atoms with Gasteiger partial charge in [0.1, 0.15) is 0 Å². The average molecular weight is 209 g/mol. The van der Waals surface area contributed by atoms with Crippen LogP contribution in [0.1, 0.15) is 11.3 Å². The molecule has 0 saturated carbocycles. The summed E-state index contributed by atoms with van der Waals surface area (Å²) in [7, 11) is 0. The molecule has 3 nitrogen and oxygen atoms in total. The zero-order chi connectivity index (χ0) is 9.80. The first-order valence-corrected chi connectivity index (χ1v) is 5.43. The largest absolute Gasteiger partial charge is 0.350 e. The molecule has 0 amide bonds. The maximum absolute atomic E-state index is 8.49. The highest BCUT2D eigenvalue weighted by molar-refractivity contribution is 7.09. The zero-order valence-corrected chi connectivity index (χ0v) is 8.50. The molecule has 0 spiro atoms. The van der Waals surface area contributed by atoms with Crippen molar-refractivity contribution in [3.8, 4) is 6.07 Å². The lowest BCUT2D eigenvalue weighted by atomic mass is 10.3. The van der Waals surface area contributed by atoms with Crippen LogP contribution in [-0.4, -0.2) is 19.0 Å². The zero-order valence-electron chi connectivity index (χ0n) is 7.68. The number of nitrogens with zero attached hydrogens (tertiary/aromatic N) is 1. The maximum atomic E-state index is 8.49. The van der Waals surface area contributed by atoms with Crippen molar-refractivity contribution in [1.29, 1.82) is 5.26 Å². The predicted molar refractivity (Wildman–Crippen MR) is 52.9 cm³/mol. The summed E-state index contributed by atoms with van der Waals surface area (Å²) in [6.07, 6.45) is 1.01. The van der Waals surface area contributed by atoms with Gasteiger partial charge >= 0.3 is 0 Å². The molecule has 1 aromatic heterocycles. The van der Waals surface area contributed by atoms with Gasteiger partial charge in [-0.1, -0.05) is 6.07 Å². The molecule has 0 aromatic carbocycles. The summed E-state index contributed by atoms with van der Waals surface area (Å²) in [6.45, 7) is 0.545. The van der Waals surface area contributed by atoms with Crippen LogP contribution in [0.5, 0.6) is 0 Å². The van der Waals surface area contributed by atoms with Gasteiger partial charge in [0.25, 0.3) is 0 Å². The molecule has 0 bridgehead atoms. The minimum Gasteiger partial charge on any atom is -0.350 e. The Hall–Kier alpha value is -0.890. The molecule has 0 radical (unpaired) electrons. The lowest BCUT2D eigenvalue weighted by molar-refractivity contribution is -0.0543. The van der Waals surface area contributed by atoms with Crippen LogP contribution in [0, 0.1) is 11.3 Å². The smallest absolute Gasteiger partial charge is 0.163 e. The molecule has 2 atom stereocenters.